The molecule has 0 saturated carbocycles. The Balaban J connectivity index is 1.97. The Labute approximate surface area is 154 Å². The molecular weight excluding hydrogens is 355 g/mol. The van der Waals surface area contributed by atoms with Crippen molar-refractivity contribution in [2.75, 3.05) is 0 Å². The van der Waals surface area contributed by atoms with Gasteiger partial charge in [-0.1, -0.05) is 29.3 Å². The van der Waals surface area contributed by atoms with Crippen molar-refractivity contribution < 1.29 is 0 Å². The van der Waals surface area contributed by atoms with Crippen LogP contribution in [0.3, 0.4) is 0 Å². The number of imidazole rings is 1. The molecule has 0 fully saturated rings. The molecule has 3 aromatic heterocycles. The number of hydrogen-bond donors (Lipinski definition) is 1. The van der Waals surface area contributed by atoms with E-state index in [1.54, 1.807) is 12.3 Å². The Morgan fingerprint density at radius 2 is 1.92 bits per heavy atom. The molecule has 0 aliphatic heterocycles. The summed E-state index contributed by atoms with van der Waals surface area (Å²) in [5, 5.41) is 1.19. The normalized spacial score (nSPS) is 11.2. The molecule has 6 heteroatoms. The van der Waals surface area contributed by atoms with Crippen LogP contribution >= 0.6 is 23.2 Å². The van der Waals surface area contributed by atoms with Gasteiger partial charge in [-0.2, -0.15) is 0 Å². The highest BCUT2D eigenvalue weighted by Gasteiger charge is 2.13. The molecule has 0 bridgehead atoms. The molecule has 4 nitrogen and oxygen atoms in total. The molecule has 0 aliphatic rings. The molecule has 0 radical (unpaired) electrons. The van der Waals surface area contributed by atoms with Gasteiger partial charge in [0.15, 0.2) is 0 Å². The third kappa shape index (κ3) is 2.89. The van der Waals surface area contributed by atoms with Crippen LogP contribution in [0.4, 0.5) is 0 Å². The van der Waals surface area contributed by atoms with Gasteiger partial charge in [0.05, 0.1) is 11.9 Å². The minimum Gasteiger partial charge on any atom is -0.326 e. The van der Waals surface area contributed by atoms with Crippen LogP contribution < -0.4 is 5.73 Å². The molecule has 0 spiro atoms. The second-order valence-corrected chi connectivity index (χ2v) is 6.50. The monoisotopic (exact) mass is 368 g/mol. The van der Waals surface area contributed by atoms with Crippen LogP contribution in [0.1, 0.15) is 5.56 Å². The minimum absolute atomic E-state index is 0.389. The number of benzene rings is 1. The molecule has 2 N–H and O–H groups in total. The average molecular weight is 369 g/mol. The molecule has 0 unspecified atom stereocenters. The van der Waals surface area contributed by atoms with Crippen LogP contribution in [0.5, 0.6) is 0 Å². The topological polar surface area (TPSA) is 56.2 Å². The second kappa shape index (κ2) is 6.48. The summed E-state index contributed by atoms with van der Waals surface area (Å²) in [5.41, 5.74) is 11.6. The summed E-state index contributed by atoms with van der Waals surface area (Å²) < 4.78 is 2.02. The van der Waals surface area contributed by atoms with Crippen molar-refractivity contribution in [2.45, 2.75) is 6.54 Å². The van der Waals surface area contributed by atoms with E-state index in [1.807, 2.05) is 53.3 Å². The number of aromatic nitrogens is 3. The van der Waals surface area contributed by atoms with Gasteiger partial charge < -0.3 is 5.73 Å². The Kier molecular flexibility index (Phi) is 4.17. The van der Waals surface area contributed by atoms with Gasteiger partial charge in [0.1, 0.15) is 5.65 Å². The molecule has 0 amide bonds. The fourth-order valence-corrected chi connectivity index (χ4v) is 3.42. The second-order valence-electron chi connectivity index (χ2n) is 5.65. The number of nitrogens with zero attached hydrogens (tertiary/aromatic N) is 3. The first-order chi connectivity index (χ1) is 12.2. The number of halogens is 2. The Morgan fingerprint density at radius 1 is 1.04 bits per heavy atom. The molecule has 4 rings (SSSR count). The highest BCUT2D eigenvalue weighted by molar-refractivity contribution is 6.36. The van der Waals surface area contributed by atoms with Crippen LogP contribution in [-0.4, -0.2) is 14.4 Å². The summed E-state index contributed by atoms with van der Waals surface area (Å²) in [5.74, 6) is 0. The van der Waals surface area contributed by atoms with Crippen molar-refractivity contribution in [3.05, 3.63) is 76.8 Å². The molecule has 1 aromatic carbocycles. The van der Waals surface area contributed by atoms with E-state index in [1.165, 1.54) is 0 Å². The van der Waals surface area contributed by atoms with Crippen molar-refractivity contribution in [1.82, 2.24) is 14.4 Å². The average Bonchev–Trinajstić information content (AvgIpc) is 3.04. The lowest BCUT2D eigenvalue weighted by Gasteiger charge is -2.12. The highest BCUT2D eigenvalue weighted by atomic mass is 35.5. The molecule has 0 saturated heterocycles. The number of fused-ring (bicyclic) bond motifs is 1. The van der Waals surface area contributed by atoms with Gasteiger partial charge in [0.2, 0.25) is 0 Å². The van der Waals surface area contributed by atoms with E-state index in [9.17, 15) is 0 Å². The van der Waals surface area contributed by atoms with Gasteiger partial charge in [-0.3, -0.25) is 9.38 Å². The SMILES string of the molecule is NCc1cc2ncc(-c3cccnc3)n2cc1-c1ccc(Cl)cc1Cl. The fourth-order valence-electron chi connectivity index (χ4n) is 2.91. The first-order valence-electron chi connectivity index (χ1n) is 7.73. The lowest BCUT2D eigenvalue weighted by Crippen LogP contribution is -2.02. The Morgan fingerprint density at radius 3 is 2.64 bits per heavy atom. The summed E-state index contributed by atoms with van der Waals surface area (Å²) >= 11 is 12.4. The van der Waals surface area contributed by atoms with Crippen LogP contribution in [0.2, 0.25) is 10.0 Å². The maximum atomic E-state index is 6.41. The van der Waals surface area contributed by atoms with Crippen molar-refractivity contribution in [1.29, 1.82) is 0 Å². The summed E-state index contributed by atoms with van der Waals surface area (Å²) in [6, 6.07) is 11.4. The first-order valence-corrected chi connectivity index (χ1v) is 8.49. The van der Waals surface area contributed by atoms with Crippen LogP contribution in [0.25, 0.3) is 28.0 Å². The maximum absolute atomic E-state index is 6.41. The molecule has 0 atom stereocenters. The number of rotatable bonds is 3. The van der Waals surface area contributed by atoms with Crippen molar-refractivity contribution in [3.8, 4) is 22.4 Å². The van der Waals surface area contributed by atoms with Crippen molar-refractivity contribution >= 4 is 28.8 Å². The maximum Gasteiger partial charge on any atom is 0.137 e. The number of hydrogen-bond acceptors (Lipinski definition) is 3. The van der Waals surface area contributed by atoms with Gasteiger partial charge >= 0.3 is 0 Å². The molecule has 3 heterocycles. The number of pyridine rings is 2. The third-order valence-electron chi connectivity index (χ3n) is 4.13. The van der Waals surface area contributed by atoms with Gasteiger partial charge in [0.25, 0.3) is 0 Å². The summed E-state index contributed by atoms with van der Waals surface area (Å²) in [4.78, 5) is 8.69. The number of nitrogens with two attached hydrogens (primary N) is 1. The van der Waals surface area contributed by atoms with E-state index in [0.29, 0.717) is 16.6 Å². The van der Waals surface area contributed by atoms with E-state index in [-0.39, 0.29) is 0 Å². The van der Waals surface area contributed by atoms with Gasteiger partial charge in [-0.15, -0.1) is 0 Å². The van der Waals surface area contributed by atoms with Gasteiger partial charge in [-0.05, 0) is 35.9 Å². The minimum atomic E-state index is 0.389. The van der Waals surface area contributed by atoms with Crippen LogP contribution in [0.15, 0.2) is 61.2 Å². The molecule has 124 valence electrons. The first kappa shape index (κ1) is 16.1. The third-order valence-corrected chi connectivity index (χ3v) is 4.68. The predicted molar refractivity (Wildman–Crippen MR) is 102 cm³/mol. The van der Waals surface area contributed by atoms with Crippen molar-refractivity contribution in [3.63, 3.8) is 0 Å². The standard InChI is InChI=1S/C19H14Cl2N4/c20-14-3-4-15(17(21)7-14)16-11-25-18(12-2-1-5-23-9-12)10-24-19(25)6-13(16)8-22/h1-7,9-11H,8,22H2. The summed E-state index contributed by atoms with van der Waals surface area (Å²) in [7, 11) is 0. The summed E-state index contributed by atoms with van der Waals surface area (Å²) in [6.45, 7) is 0.389. The van der Waals surface area contributed by atoms with Gasteiger partial charge in [0, 0.05) is 51.9 Å². The van der Waals surface area contributed by atoms with E-state index >= 15 is 0 Å². The van der Waals surface area contributed by atoms with E-state index < -0.39 is 0 Å². The fraction of sp³-hybridized carbons (Fsp3) is 0.0526. The smallest absolute Gasteiger partial charge is 0.137 e. The predicted octanol–water partition coefficient (Wildman–Crippen LogP) is 4.83. The summed E-state index contributed by atoms with van der Waals surface area (Å²) in [6.07, 6.45) is 7.41. The highest BCUT2D eigenvalue weighted by Crippen LogP contribution is 2.34. The lowest BCUT2D eigenvalue weighted by molar-refractivity contribution is 1.05. The molecule has 25 heavy (non-hydrogen) atoms. The Hall–Kier alpha value is -2.40. The van der Waals surface area contributed by atoms with E-state index in [2.05, 4.69) is 9.97 Å². The van der Waals surface area contributed by atoms with E-state index in [4.69, 9.17) is 28.9 Å². The lowest BCUT2D eigenvalue weighted by atomic mass is 10.0. The van der Waals surface area contributed by atoms with E-state index in [0.717, 1.165) is 33.6 Å². The van der Waals surface area contributed by atoms with Crippen LogP contribution in [-0.2, 0) is 6.54 Å². The zero-order valence-corrected chi connectivity index (χ0v) is 14.7. The zero-order chi connectivity index (χ0) is 17.4. The quantitative estimate of drug-likeness (QED) is 0.563. The van der Waals surface area contributed by atoms with Gasteiger partial charge in [-0.25, -0.2) is 4.98 Å². The Bertz CT molecular complexity index is 1060. The molecular formula is C19H14Cl2N4. The molecule has 0 aliphatic carbocycles. The largest absolute Gasteiger partial charge is 0.326 e. The molecule has 4 aromatic rings. The zero-order valence-electron chi connectivity index (χ0n) is 13.2. The van der Waals surface area contributed by atoms with Crippen molar-refractivity contribution in [2.24, 2.45) is 5.73 Å². The van der Waals surface area contributed by atoms with Crippen LogP contribution in [0, 0.1) is 0 Å².